The van der Waals surface area contributed by atoms with Gasteiger partial charge in [-0.15, -0.1) is 0 Å². The summed E-state index contributed by atoms with van der Waals surface area (Å²) in [4.78, 5) is 20.9. The molecule has 1 aromatic rings. The molecule has 0 unspecified atom stereocenters. The predicted molar refractivity (Wildman–Crippen MR) is 69.0 cm³/mol. The van der Waals surface area contributed by atoms with Crippen LogP contribution in [-0.2, 0) is 9.47 Å². The summed E-state index contributed by atoms with van der Waals surface area (Å²) >= 11 is 0. The van der Waals surface area contributed by atoms with Crippen molar-refractivity contribution in [3.05, 3.63) is 39.4 Å². The summed E-state index contributed by atoms with van der Waals surface area (Å²) in [6.07, 6.45) is 1.84. The summed E-state index contributed by atoms with van der Waals surface area (Å²) in [5, 5.41) is 10.4. The van der Waals surface area contributed by atoms with Crippen molar-refractivity contribution in [1.29, 1.82) is 0 Å². The topological polar surface area (TPSA) is 78.7 Å². The summed E-state index contributed by atoms with van der Waals surface area (Å²) in [5.41, 5.74) is -1.72. The molecular weight excluding hydrogens is 288 g/mol. The number of carbonyl (C=O) groups excluding carboxylic acids is 1. The second kappa shape index (κ2) is 8.25. The number of rotatable bonds is 8. The number of ether oxygens (including phenoxy) is 2. The summed E-state index contributed by atoms with van der Waals surface area (Å²) in [6.45, 7) is 2.55. The first-order chi connectivity index (χ1) is 9.97. The fourth-order valence-corrected chi connectivity index (χ4v) is 1.45. The van der Waals surface area contributed by atoms with Gasteiger partial charge >= 0.3 is 11.7 Å². The monoisotopic (exact) mass is 303 g/mol. The Balaban J connectivity index is 2.58. The van der Waals surface area contributed by atoms with Crippen molar-refractivity contribution in [3.8, 4) is 0 Å². The van der Waals surface area contributed by atoms with Gasteiger partial charge in [0.1, 0.15) is 12.4 Å². The largest absolute Gasteiger partial charge is 0.460 e. The predicted octanol–water partition coefficient (Wildman–Crippen LogP) is 2.85. The van der Waals surface area contributed by atoms with Crippen molar-refractivity contribution < 1.29 is 28.0 Å². The molecule has 0 saturated carbocycles. The summed E-state index contributed by atoms with van der Waals surface area (Å²) < 4.78 is 36.7. The van der Waals surface area contributed by atoms with Crippen molar-refractivity contribution >= 4 is 11.7 Å². The van der Waals surface area contributed by atoms with Crippen LogP contribution in [0, 0.1) is 21.7 Å². The fourth-order valence-electron chi connectivity index (χ4n) is 1.45. The highest BCUT2D eigenvalue weighted by Gasteiger charge is 2.22. The standard InChI is InChI=1S/C13H15F2NO5/c1-2-3-4-20-5-6-21-13(17)9-7-11(15)12(16(18)19)8-10(9)14/h7-8H,2-6H2,1H3. The number of nitro benzene ring substituents is 1. The van der Waals surface area contributed by atoms with Crippen LogP contribution < -0.4 is 0 Å². The Morgan fingerprint density at radius 1 is 1.24 bits per heavy atom. The van der Waals surface area contributed by atoms with Gasteiger partial charge in [0.2, 0.25) is 5.82 Å². The van der Waals surface area contributed by atoms with E-state index in [0.29, 0.717) is 18.7 Å². The summed E-state index contributed by atoms with van der Waals surface area (Å²) in [7, 11) is 0. The average molecular weight is 303 g/mol. The SMILES string of the molecule is CCCCOCCOC(=O)c1cc(F)c([N+](=O)[O-])cc1F. The quantitative estimate of drug-likeness (QED) is 0.319. The van der Waals surface area contributed by atoms with Crippen molar-refractivity contribution in [1.82, 2.24) is 0 Å². The van der Waals surface area contributed by atoms with Crippen LogP contribution in [0.15, 0.2) is 12.1 Å². The van der Waals surface area contributed by atoms with Gasteiger partial charge in [-0.1, -0.05) is 13.3 Å². The Morgan fingerprint density at radius 2 is 1.95 bits per heavy atom. The van der Waals surface area contributed by atoms with E-state index in [2.05, 4.69) is 0 Å². The van der Waals surface area contributed by atoms with E-state index in [1.54, 1.807) is 0 Å². The van der Waals surface area contributed by atoms with E-state index < -0.39 is 33.8 Å². The van der Waals surface area contributed by atoms with Gasteiger partial charge in [0.05, 0.1) is 23.2 Å². The molecule has 0 aromatic heterocycles. The molecule has 1 aromatic carbocycles. The van der Waals surface area contributed by atoms with Crippen LogP contribution in [0.1, 0.15) is 30.1 Å². The first-order valence-electron chi connectivity index (χ1n) is 6.35. The average Bonchev–Trinajstić information content (AvgIpc) is 2.44. The molecule has 0 heterocycles. The zero-order valence-electron chi connectivity index (χ0n) is 11.4. The summed E-state index contributed by atoms with van der Waals surface area (Å²) in [5.74, 6) is -3.60. The van der Waals surface area contributed by atoms with Gasteiger partial charge in [0.25, 0.3) is 0 Å². The van der Waals surface area contributed by atoms with Gasteiger partial charge in [-0.25, -0.2) is 9.18 Å². The van der Waals surface area contributed by atoms with E-state index >= 15 is 0 Å². The maximum absolute atomic E-state index is 13.5. The number of hydrogen-bond acceptors (Lipinski definition) is 5. The van der Waals surface area contributed by atoms with Crippen LogP contribution in [0.5, 0.6) is 0 Å². The maximum atomic E-state index is 13.5. The van der Waals surface area contributed by atoms with Crippen LogP contribution in [0.25, 0.3) is 0 Å². The molecule has 0 aliphatic carbocycles. The highest BCUT2D eigenvalue weighted by molar-refractivity contribution is 5.90. The van der Waals surface area contributed by atoms with Crippen LogP contribution in [0.3, 0.4) is 0 Å². The third-order valence-corrected chi connectivity index (χ3v) is 2.56. The summed E-state index contributed by atoms with van der Waals surface area (Å²) in [6, 6.07) is 0.803. The van der Waals surface area contributed by atoms with Crippen LogP contribution in [-0.4, -0.2) is 30.7 Å². The number of nitrogens with zero attached hydrogens (tertiary/aromatic N) is 1. The lowest BCUT2D eigenvalue weighted by molar-refractivity contribution is -0.387. The van der Waals surface area contributed by atoms with Crippen molar-refractivity contribution in [2.24, 2.45) is 0 Å². The molecule has 0 amide bonds. The van der Waals surface area contributed by atoms with E-state index in [4.69, 9.17) is 9.47 Å². The maximum Gasteiger partial charge on any atom is 0.341 e. The molecule has 0 aliphatic rings. The van der Waals surface area contributed by atoms with Gasteiger partial charge in [-0.05, 0) is 12.5 Å². The van der Waals surface area contributed by atoms with Crippen LogP contribution in [0.4, 0.5) is 14.5 Å². The minimum atomic E-state index is -1.30. The zero-order chi connectivity index (χ0) is 15.8. The first kappa shape index (κ1) is 17.0. The molecule has 21 heavy (non-hydrogen) atoms. The van der Waals surface area contributed by atoms with Gasteiger partial charge < -0.3 is 9.47 Å². The molecule has 0 radical (unpaired) electrons. The number of halogens is 2. The number of benzene rings is 1. The van der Waals surface area contributed by atoms with Crippen LogP contribution in [0.2, 0.25) is 0 Å². The van der Waals surface area contributed by atoms with Gasteiger partial charge in [-0.3, -0.25) is 10.1 Å². The number of carbonyl (C=O) groups is 1. The van der Waals surface area contributed by atoms with Gasteiger partial charge in [0, 0.05) is 6.61 Å². The lowest BCUT2D eigenvalue weighted by Gasteiger charge is -2.06. The van der Waals surface area contributed by atoms with Crippen molar-refractivity contribution in [2.75, 3.05) is 19.8 Å². The molecule has 0 saturated heterocycles. The molecule has 0 aliphatic heterocycles. The van der Waals surface area contributed by atoms with Crippen LogP contribution >= 0.6 is 0 Å². The van der Waals surface area contributed by atoms with E-state index in [9.17, 15) is 23.7 Å². The molecule has 0 bridgehead atoms. The first-order valence-corrected chi connectivity index (χ1v) is 6.35. The second-order valence-electron chi connectivity index (χ2n) is 4.14. The second-order valence-corrected chi connectivity index (χ2v) is 4.14. The Bertz CT molecular complexity index is 522. The number of nitro groups is 1. The third-order valence-electron chi connectivity index (χ3n) is 2.56. The van der Waals surface area contributed by atoms with E-state index in [1.807, 2.05) is 6.92 Å². The Labute approximate surface area is 119 Å². The fraction of sp³-hybridized carbons (Fsp3) is 0.462. The molecule has 6 nitrogen and oxygen atoms in total. The smallest absolute Gasteiger partial charge is 0.341 e. The minimum absolute atomic E-state index is 0.111. The molecule has 116 valence electrons. The Kier molecular flexibility index (Phi) is 6.67. The van der Waals surface area contributed by atoms with E-state index in [1.165, 1.54) is 0 Å². The number of hydrogen-bond donors (Lipinski definition) is 0. The molecule has 0 fully saturated rings. The molecule has 0 atom stereocenters. The third kappa shape index (κ3) is 5.07. The molecule has 1 rings (SSSR count). The van der Waals surface area contributed by atoms with Gasteiger partial charge in [0.15, 0.2) is 0 Å². The number of unbranched alkanes of at least 4 members (excludes halogenated alkanes) is 1. The Hall–Kier alpha value is -2.09. The van der Waals surface area contributed by atoms with E-state index in [0.717, 1.165) is 12.8 Å². The highest BCUT2D eigenvalue weighted by Crippen LogP contribution is 2.21. The van der Waals surface area contributed by atoms with Crippen molar-refractivity contribution in [2.45, 2.75) is 19.8 Å². The van der Waals surface area contributed by atoms with E-state index in [-0.39, 0.29) is 13.2 Å². The zero-order valence-corrected chi connectivity index (χ0v) is 11.4. The molecular formula is C13H15F2NO5. The normalized spacial score (nSPS) is 10.4. The highest BCUT2D eigenvalue weighted by atomic mass is 19.1. The number of esters is 1. The lowest BCUT2D eigenvalue weighted by atomic mass is 10.2. The minimum Gasteiger partial charge on any atom is -0.460 e. The molecule has 0 N–H and O–H groups in total. The Morgan fingerprint density at radius 3 is 2.57 bits per heavy atom. The van der Waals surface area contributed by atoms with Crippen molar-refractivity contribution in [3.63, 3.8) is 0 Å². The molecule has 0 spiro atoms. The molecule has 8 heteroatoms. The lowest BCUT2D eigenvalue weighted by Crippen LogP contribution is -2.13. The van der Waals surface area contributed by atoms with Gasteiger partial charge in [-0.2, -0.15) is 4.39 Å².